The fourth-order valence-electron chi connectivity index (χ4n) is 1.46. The van der Waals surface area contributed by atoms with Gasteiger partial charge in [-0.2, -0.15) is 0 Å². The summed E-state index contributed by atoms with van der Waals surface area (Å²) >= 11 is 0. The first kappa shape index (κ1) is 12.0. The lowest BCUT2D eigenvalue weighted by molar-refractivity contribution is -0.126. The Morgan fingerprint density at radius 1 is 1.47 bits per heavy atom. The topological polar surface area (TPSA) is 34.9 Å². The van der Waals surface area contributed by atoms with E-state index in [-0.39, 0.29) is 5.41 Å². The predicted molar refractivity (Wildman–Crippen MR) is 60.7 cm³/mol. The molecule has 0 fully saturated rings. The molecule has 84 valence electrons. The van der Waals surface area contributed by atoms with Gasteiger partial charge >= 0.3 is 0 Å². The summed E-state index contributed by atoms with van der Waals surface area (Å²) < 4.78 is 2.08. The van der Waals surface area contributed by atoms with Gasteiger partial charge in [0.2, 0.25) is 0 Å². The van der Waals surface area contributed by atoms with Crippen LogP contribution in [-0.4, -0.2) is 15.3 Å². The summed E-state index contributed by atoms with van der Waals surface area (Å²) in [4.78, 5) is 16.0. The van der Waals surface area contributed by atoms with E-state index >= 15 is 0 Å². The summed E-state index contributed by atoms with van der Waals surface area (Å²) in [5.74, 6) is 1.31. The SMILES string of the molecule is CCn1ccnc1CCC(=O)C(C)(C)C. The highest BCUT2D eigenvalue weighted by Gasteiger charge is 2.20. The van der Waals surface area contributed by atoms with Gasteiger partial charge in [-0.1, -0.05) is 20.8 Å². The molecular weight excluding hydrogens is 188 g/mol. The monoisotopic (exact) mass is 208 g/mol. The average Bonchev–Trinajstić information content (AvgIpc) is 2.59. The number of carbonyl (C=O) groups excluding carboxylic acids is 1. The molecule has 15 heavy (non-hydrogen) atoms. The molecule has 0 aromatic carbocycles. The lowest BCUT2D eigenvalue weighted by Gasteiger charge is -2.16. The first-order chi connectivity index (χ1) is 6.95. The number of ketones is 1. The number of rotatable bonds is 4. The third-order valence-electron chi connectivity index (χ3n) is 2.55. The first-order valence-corrected chi connectivity index (χ1v) is 5.48. The summed E-state index contributed by atoms with van der Waals surface area (Å²) in [7, 11) is 0. The fraction of sp³-hybridized carbons (Fsp3) is 0.667. The molecular formula is C12H20N2O. The molecule has 0 N–H and O–H groups in total. The highest BCUT2D eigenvalue weighted by Crippen LogP contribution is 2.17. The predicted octanol–water partition coefficient (Wildman–Crippen LogP) is 2.45. The van der Waals surface area contributed by atoms with Crippen molar-refractivity contribution in [2.45, 2.75) is 47.1 Å². The molecule has 0 saturated carbocycles. The average molecular weight is 208 g/mol. The van der Waals surface area contributed by atoms with Crippen molar-refractivity contribution < 1.29 is 4.79 Å². The molecule has 0 aliphatic carbocycles. The largest absolute Gasteiger partial charge is 0.335 e. The van der Waals surface area contributed by atoms with E-state index in [0.29, 0.717) is 12.2 Å². The van der Waals surface area contributed by atoms with E-state index < -0.39 is 0 Å². The maximum absolute atomic E-state index is 11.7. The van der Waals surface area contributed by atoms with Crippen LogP contribution in [0.25, 0.3) is 0 Å². The van der Waals surface area contributed by atoms with Crippen molar-refractivity contribution in [2.24, 2.45) is 5.41 Å². The number of carbonyl (C=O) groups is 1. The molecule has 3 heteroatoms. The minimum absolute atomic E-state index is 0.233. The van der Waals surface area contributed by atoms with Crippen LogP contribution in [0.4, 0.5) is 0 Å². The second kappa shape index (κ2) is 4.60. The lowest BCUT2D eigenvalue weighted by Crippen LogP contribution is -2.21. The van der Waals surface area contributed by atoms with Gasteiger partial charge in [0, 0.05) is 37.2 Å². The molecule has 1 aromatic rings. The molecule has 0 unspecified atom stereocenters. The van der Waals surface area contributed by atoms with Crippen LogP contribution in [0.2, 0.25) is 0 Å². The highest BCUT2D eigenvalue weighted by molar-refractivity contribution is 5.83. The maximum Gasteiger partial charge on any atom is 0.138 e. The molecule has 0 saturated heterocycles. The standard InChI is InChI=1S/C12H20N2O/c1-5-14-9-8-13-11(14)7-6-10(15)12(2,3)4/h8-9H,5-7H2,1-4H3. The van der Waals surface area contributed by atoms with Crippen molar-refractivity contribution in [3.05, 3.63) is 18.2 Å². The van der Waals surface area contributed by atoms with Crippen LogP contribution in [0.1, 0.15) is 39.9 Å². The van der Waals surface area contributed by atoms with E-state index in [9.17, 15) is 4.79 Å². The molecule has 0 amide bonds. The van der Waals surface area contributed by atoms with Crippen LogP contribution in [0.5, 0.6) is 0 Å². The second-order valence-corrected chi connectivity index (χ2v) is 4.80. The molecule has 0 aliphatic heterocycles. The van der Waals surface area contributed by atoms with Gasteiger partial charge in [-0.25, -0.2) is 4.98 Å². The van der Waals surface area contributed by atoms with E-state index in [4.69, 9.17) is 0 Å². The van der Waals surface area contributed by atoms with E-state index in [1.807, 2.05) is 27.0 Å². The Kier molecular flexibility index (Phi) is 3.66. The van der Waals surface area contributed by atoms with E-state index in [2.05, 4.69) is 16.5 Å². The van der Waals surface area contributed by atoms with Gasteiger partial charge in [0.05, 0.1) is 0 Å². The third-order valence-corrected chi connectivity index (χ3v) is 2.55. The van der Waals surface area contributed by atoms with Gasteiger partial charge in [0.25, 0.3) is 0 Å². The van der Waals surface area contributed by atoms with E-state index in [0.717, 1.165) is 18.8 Å². The van der Waals surface area contributed by atoms with Gasteiger partial charge in [-0.15, -0.1) is 0 Å². The molecule has 0 spiro atoms. The highest BCUT2D eigenvalue weighted by atomic mass is 16.1. The van der Waals surface area contributed by atoms with Crippen molar-refractivity contribution in [1.29, 1.82) is 0 Å². The summed E-state index contributed by atoms with van der Waals surface area (Å²) in [6, 6.07) is 0. The number of aryl methyl sites for hydroxylation is 2. The summed E-state index contributed by atoms with van der Waals surface area (Å²) in [5, 5.41) is 0. The minimum Gasteiger partial charge on any atom is -0.335 e. The van der Waals surface area contributed by atoms with Crippen LogP contribution in [-0.2, 0) is 17.8 Å². The van der Waals surface area contributed by atoms with Gasteiger partial charge in [0.15, 0.2) is 0 Å². The number of imidazole rings is 1. The van der Waals surface area contributed by atoms with Crippen LogP contribution in [0.3, 0.4) is 0 Å². The number of hydrogen-bond donors (Lipinski definition) is 0. The third kappa shape index (κ3) is 3.18. The quantitative estimate of drug-likeness (QED) is 0.761. The van der Waals surface area contributed by atoms with Crippen LogP contribution < -0.4 is 0 Å². The van der Waals surface area contributed by atoms with Gasteiger partial charge in [0.1, 0.15) is 11.6 Å². The summed E-state index contributed by atoms with van der Waals surface area (Å²) in [5.41, 5.74) is -0.233. The van der Waals surface area contributed by atoms with Gasteiger partial charge in [-0.3, -0.25) is 4.79 Å². The maximum atomic E-state index is 11.7. The fourth-order valence-corrected chi connectivity index (χ4v) is 1.46. The molecule has 1 heterocycles. The van der Waals surface area contributed by atoms with Crippen molar-refractivity contribution >= 4 is 5.78 Å². The zero-order chi connectivity index (χ0) is 11.5. The summed E-state index contributed by atoms with van der Waals surface area (Å²) in [6.45, 7) is 8.88. The zero-order valence-electron chi connectivity index (χ0n) is 10.1. The van der Waals surface area contributed by atoms with Crippen molar-refractivity contribution in [2.75, 3.05) is 0 Å². The number of Topliss-reactive ketones (excluding diaryl/α,β-unsaturated/α-hetero) is 1. The second-order valence-electron chi connectivity index (χ2n) is 4.80. The molecule has 0 bridgehead atoms. The van der Waals surface area contributed by atoms with Gasteiger partial charge in [-0.05, 0) is 6.92 Å². The first-order valence-electron chi connectivity index (χ1n) is 5.48. The smallest absolute Gasteiger partial charge is 0.138 e. The number of hydrogen-bond acceptors (Lipinski definition) is 2. The molecule has 0 atom stereocenters. The molecule has 0 aliphatic rings. The minimum atomic E-state index is -0.233. The van der Waals surface area contributed by atoms with Crippen molar-refractivity contribution in [3.63, 3.8) is 0 Å². The lowest BCUT2D eigenvalue weighted by atomic mass is 9.88. The molecule has 3 nitrogen and oxygen atoms in total. The normalized spacial score (nSPS) is 11.7. The Bertz CT molecular complexity index is 334. The Labute approximate surface area is 91.5 Å². The van der Waals surface area contributed by atoms with E-state index in [1.54, 1.807) is 6.20 Å². The molecule has 1 rings (SSSR count). The van der Waals surface area contributed by atoms with Crippen molar-refractivity contribution in [1.82, 2.24) is 9.55 Å². The Morgan fingerprint density at radius 2 is 2.13 bits per heavy atom. The number of nitrogens with zero attached hydrogens (tertiary/aromatic N) is 2. The van der Waals surface area contributed by atoms with E-state index in [1.165, 1.54) is 0 Å². The summed E-state index contributed by atoms with van der Waals surface area (Å²) in [6.07, 6.45) is 5.08. The van der Waals surface area contributed by atoms with Crippen LogP contribution in [0.15, 0.2) is 12.4 Å². The van der Waals surface area contributed by atoms with Crippen LogP contribution in [0, 0.1) is 5.41 Å². The zero-order valence-corrected chi connectivity index (χ0v) is 10.1. The Balaban J connectivity index is 2.54. The Morgan fingerprint density at radius 3 is 2.67 bits per heavy atom. The number of aromatic nitrogens is 2. The van der Waals surface area contributed by atoms with Crippen molar-refractivity contribution in [3.8, 4) is 0 Å². The Hall–Kier alpha value is -1.12. The van der Waals surface area contributed by atoms with Gasteiger partial charge < -0.3 is 4.57 Å². The molecule has 0 radical (unpaired) electrons. The van der Waals surface area contributed by atoms with Crippen LogP contribution >= 0.6 is 0 Å². The molecule has 1 aromatic heterocycles.